The quantitative estimate of drug-likeness (QED) is 0.238. The van der Waals surface area contributed by atoms with E-state index in [-0.39, 0.29) is 17.3 Å². The number of thiocarbonyl (C=S) groups is 1. The van der Waals surface area contributed by atoms with E-state index in [4.69, 9.17) is 44.9 Å². The fourth-order valence-electron chi connectivity index (χ4n) is 3.20. The van der Waals surface area contributed by atoms with E-state index in [9.17, 15) is 9.59 Å². The summed E-state index contributed by atoms with van der Waals surface area (Å²) in [6.45, 7) is 6.26. The van der Waals surface area contributed by atoms with Gasteiger partial charge in [0.05, 0.1) is 6.61 Å². The van der Waals surface area contributed by atoms with Crippen LogP contribution in [-0.4, -0.2) is 35.5 Å². The molecule has 1 heterocycles. The van der Waals surface area contributed by atoms with E-state index in [0.29, 0.717) is 40.1 Å². The topological polar surface area (TPSA) is 67.9 Å². The van der Waals surface area contributed by atoms with Crippen LogP contribution in [0.15, 0.2) is 48.6 Å². The number of allylic oxidation sites excluding steroid dienone is 1. The lowest BCUT2D eigenvalue weighted by Crippen LogP contribution is -2.52. The van der Waals surface area contributed by atoms with Crippen molar-refractivity contribution in [2.45, 2.75) is 20.0 Å². The van der Waals surface area contributed by atoms with Crippen LogP contribution < -0.4 is 14.8 Å². The first-order valence-corrected chi connectivity index (χ1v) is 11.2. The van der Waals surface area contributed by atoms with E-state index in [0.717, 1.165) is 11.1 Å². The Kier molecular flexibility index (Phi) is 8.13. The number of rotatable bonds is 8. The van der Waals surface area contributed by atoms with Gasteiger partial charge in [-0.05, 0) is 61.5 Å². The second kappa shape index (κ2) is 10.8. The molecule has 0 spiro atoms. The number of halogens is 2. The van der Waals surface area contributed by atoms with Gasteiger partial charge in [-0.1, -0.05) is 35.3 Å². The first-order valence-electron chi connectivity index (χ1n) is 10.1. The van der Waals surface area contributed by atoms with E-state index < -0.39 is 11.8 Å². The molecule has 0 atom stereocenters. The van der Waals surface area contributed by atoms with E-state index >= 15 is 0 Å². The van der Waals surface area contributed by atoms with Crippen molar-refractivity contribution in [3.63, 3.8) is 0 Å². The Labute approximate surface area is 207 Å². The number of carbonyl (C=O) groups excluding carboxylic acids is 2. The van der Waals surface area contributed by atoms with Crippen LogP contribution in [0.5, 0.6) is 11.5 Å². The molecule has 0 aliphatic carbocycles. The summed E-state index contributed by atoms with van der Waals surface area (Å²) >= 11 is 17.3. The van der Waals surface area contributed by atoms with Crippen LogP contribution in [0.25, 0.3) is 6.08 Å². The fourth-order valence-corrected chi connectivity index (χ4v) is 3.84. The SMILES string of the molecule is C=CCc1cc(/C=C2\C(=O)NC(=S)N(C)C2=O)cc(OCC)c1OCc1ccc(Cl)cc1Cl. The van der Waals surface area contributed by atoms with Gasteiger partial charge in [-0.25, -0.2) is 0 Å². The summed E-state index contributed by atoms with van der Waals surface area (Å²) in [5, 5.41) is 3.60. The van der Waals surface area contributed by atoms with Crippen molar-refractivity contribution >= 4 is 58.4 Å². The van der Waals surface area contributed by atoms with Crippen LogP contribution in [0, 0.1) is 0 Å². The van der Waals surface area contributed by atoms with Gasteiger partial charge >= 0.3 is 0 Å². The van der Waals surface area contributed by atoms with Crippen molar-refractivity contribution in [2.75, 3.05) is 13.7 Å². The van der Waals surface area contributed by atoms with Crippen LogP contribution >= 0.6 is 35.4 Å². The van der Waals surface area contributed by atoms with Gasteiger partial charge in [0.15, 0.2) is 16.6 Å². The summed E-state index contributed by atoms with van der Waals surface area (Å²) < 4.78 is 11.9. The molecule has 0 bridgehead atoms. The number of carbonyl (C=O) groups is 2. The van der Waals surface area contributed by atoms with Crippen LogP contribution in [0.4, 0.5) is 0 Å². The molecule has 1 aliphatic rings. The molecule has 0 aromatic heterocycles. The molecule has 1 aliphatic heterocycles. The average molecular weight is 505 g/mol. The molecule has 2 aromatic carbocycles. The van der Waals surface area contributed by atoms with Gasteiger partial charge in [-0.3, -0.25) is 19.8 Å². The molecule has 6 nitrogen and oxygen atoms in total. The maximum atomic E-state index is 12.6. The highest BCUT2D eigenvalue weighted by molar-refractivity contribution is 7.80. The second-order valence-corrected chi connectivity index (χ2v) is 8.37. The Bertz CT molecular complexity index is 1160. The van der Waals surface area contributed by atoms with Crippen molar-refractivity contribution in [1.82, 2.24) is 10.2 Å². The summed E-state index contributed by atoms with van der Waals surface area (Å²) in [7, 11) is 1.51. The zero-order valence-corrected chi connectivity index (χ0v) is 20.4. The molecule has 1 N–H and O–H groups in total. The summed E-state index contributed by atoms with van der Waals surface area (Å²) in [5.41, 5.74) is 2.12. The monoisotopic (exact) mass is 504 g/mol. The highest BCUT2D eigenvalue weighted by atomic mass is 35.5. The zero-order valence-electron chi connectivity index (χ0n) is 18.1. The van der Waals surface area contributed by atoms with Crippen molar-refractivity contribution in [3.8, 4) is 11.5 Å². The van der Waals surface area contributed by atoms with E-state index in [1.165, 1.54) is 18.0 Å². The minimum atomic E-state index is -0.552. The van der Waals surface area contributed by atoms with Crippen LogP contribution in [-0.2, 0) is 22.6 Å². The van der Waals surface area contributed by atoms with E-state index in [1.54, 1.807) is 30.3 Å². The molecular weight excluding hydrogens is 483 g/mol. The van der Waals surface area contributed by atoms with Crippen molar-refractivity contribution in [1.29, 1.82) is 0 Å². The third-order valence-electron chi connectivity index (χ3n) is 4.82. The number of likely N-dealkylation sites (N-methyl/N-ethyl adjacent to an activating group) is 1. The highest BCUT2D eigenvalue weighted by Gasteiger charge is 2.31. The lowest BCUT2D eigenvalue weighted by Gasteiger charge is -2.25. The molecule has 33 heavy (non-hydrogen) atoms. The van der Waals surface area contributed by atoms with Crippen molar-refractivity contribution in [3.05, 3.63) is 75.3 Å². The maximum Gasteiger partial charge on any atom is 0.265 e. The smallest absolute Gasteiger partial charge is 0.265 e. The summed E-state index contributed by atoms with van der Waals surface area (Å²) in [6, 6.07) is 8.73. The molecule has 2 amide bonds. The van der Waals surface area contributed by atoms with Crippen LogP contribution in [0.3, 0.4) is 0 Å². The lowest BCUT2D eigenvalue weighted by molar-refractivity contribution is -0.128. The van der Waals surface area contributed by atoms with Gasteiger partial charge in [0.2, 0.25) is 0 Å². The number of benzene rings is 2. The van der Waals surface area contributed by atoms with Gasteiger partial charge in [-0.15, -0.1) is 6.58 Å². The maximum absolute atomic E-state index is 12.6. The minimum absolute atomic E-state index is 0.0280. The zero-order chi connectivity index (χ0) is 24.1. The van der Waals surface area contributed by atoms with Gasteiger partial charge in [0.1, 0.15) is 12.2 Å². The number of nitrogens with zero attached hydrogens (tertiary/aromatic N) is 1. The highest BCUT2D eigenvalue weighted by Crippen LogP contribution is 2.36. The Morgan fingerprint density at radius 3 is 2.58 bits per heavy atom. The second-order valence-electron chi connectivity index (χ2n) is 7.14. The standard InChI is InChI=1S/C24H22Cl2N2O4S/c1-4-6-15-9-14(10-18-22(29)27-24(33)28(3)23(18)30)11-20(31-5-2)21(15)32-13-16-7-8-17(25)12-19(16)26/h4,7-12H,1,5-6,13H2,2-3H3,(H,27,29,33)/b18-10+. The Morgan fingerprint density at radius 1 is 1.15 bits per heavy atom. The predicted octanol–water partition coefficient (Wildman–Crippen LogP) is 4.96. The minimum Gasteiger partial charge on any atom is -0.490 e. The van der Waals surface area contributed by atoms with Crippen LogP contribution in [0.2, 0.25) is 10.0 Å². The Morgan fingerprint density at radius 2 is 1.91 bits per heavy atom. The van der Waals surface area contributed by atoms with Gasteiger partial charge in [0, 0.05) is 28.2 Å². The van der Waals surface area contributed by atoms with Crippen LogP contribution in [0.1, 0.15) is 23.6 Å². The number of amides is 2. The molecule has 2 aromatic rings. The third kappa shape index (κ3) is 5.74. The molecule has 3 rings (SSSR count). The van der Waals surface area contributed by atoms with E-state index in [1.807, 2.05) is 13.0 Å². The van der Waals surface area contributed by atoms with Gasteiger partial charge in [-0.2, -0.15) is 0 Å². The Hall–Kier alpha value is -2.87. The largest absolute Gasteiger partial charge is 0.490 e. The van der Waals surface area contributed by atoms with E-state index in [2.05, 4.69) is 11.9 Å². The fraction of sp³-hybridized carbons (Fsp3) is 0.208. The first kappa shape index (κ1) is 24.8. The van der Waals surface area contributed by atoms with Gasteiger partial charge in [0.25, 0.3) is 11.8 Å². The summed E-state index contributed by atoms with van der Waals surface area (Å²) in [5.74, 6) is -0.0299. The number of ether oxygens (including phenoxy) is 2. The molecule has 0 saturated carbocycles. The van der Waals surface area contributed by atoms with Crippen molar-refractivity contribution < 1.29 is 19.1 Å². The lowest BCUT2D eigenvalue weighted by atomic mass is 10.0. The molecule has 0 unspecified atom stereocenters. The normalized spacial score (nSPS) is 15.0. The molecular formula is C24H22Cl2N2O4S. The van der Waals surface area contributed by atoms with Crippen molar-refractivity contribution in [2.24, 2.45) is 0 Å². The Balaban J connectivity index is 2.01. The molecule has 9 heteroatoms. The predicted molar refractivity (Wildman–Crippen MR) is 134 cm³/mol. The summed E-state index contributed by atoms with van der Waals surface area (Å²) in [4.78, 5) is 26.1. The number of hydrogen-bond donors (Lipinski definition) is 1. The molecule has 172 valence electrons. The molecule has 1 saturated heterocycles. The first-order chi connectivity index (χ1) is 15.7. The molecule has 1 fully saturated rings. The van der Waals surface area contributed by atoms with Gasteiger partial charge < -0.3 is 9.47 Å². The average Bonchev–Trinajstić information content (AvgIpc) is 2.76. The third-order valence-corrected chi connectivity index (χ3v) is 5.78. The number of nitrogens with one attached hydrogen (secondary N) is 1. The summed E-state index contributed by atoms with van der Waals surface area (Å²) in [6.07, 6.45) is 3.71. The number of hydrogen-bond acceptors (Lipinski definition) is 5. The molecule has 0 radical (unpaired) electrons.